The fourth-order valence-electron chi connectivity index (χ4n) is 2.13. The highest BCUT2D eigenvalue weighted by atomic mass is 32.1. The van der Waals surface area contributed by atoms with Crippen LogP contribution < -0.4 is 5.73 Å². The maximum absolute atomic E-state index is 12.7. The van der Waals surface area contributed by atoms with Crippen molar-refractivity contribution in [2.75, 3.05) is 5.73 Å². The van der Waals surface area contributed by atoms with Crippen molar-refractivity contribution in [3.63, 3.8) is 0 Å². The van der Waals surface area contributed by atoms with Gasteiger partial charge in [-0.05, 0) is 57.0 Å². The van der Waals surface area contributed by atoms with Crippen LogP contribution in [0.3, 0.4) is 0 Å². The van der Waals surface area contributed by atoms with Crippen molar-refractivity contribution in [3.8, 4) is 0 Å². The Hall–Kier alpha value is -1.81. The van der Waals surface area contributed by atoms with Gasteiger partial charge in [-0.2, -0.15) is 0 Å². The summed E-state index contributed by atoms with van der Waals surface area (Å²) >= 11 is 1.57. The summed E-state index contributed by atoms with van der Waals surface area (Å²) in [7, 11) is 0. The van der Waals surface area contributed by atoms with Gasteiger partial charge in [0.25, 0.3) is 5.91 Å². The molecule has 0 fully saturated rings. The summed E-state index contributed by atoms with van der Waals surface area (Å²) in [4.78, 5) is 16.7. The molecule has 2 rings (SSSR count). The average molecular weight is 302 g/mol. The van der Waals surface area contributed by atoms with Crippen LogP contribution in [-0.4, -0.2) is 16.8 Å². The first-order chi connectivity index (χ1) is 9.88. The van der Waals surface area contributed by atoms with Gasteiger partial charge in [-0.3, -0.25) is 4.79 Å². The third kappa shape index (κ3) is 3.64. The predicted molar refractivity (Wildman–Crippen MR) is 89.7 cm³/mol. The van der Waals surface area contributed by atoms with E-state index in [0.29, 0.717) is 6.54 Å². The van der Waals surface area contributed by atoms with E-state index >= 15 is 0 Å². The number of nitrogen functional groups attached to an aromatic ring is 1. The van der Waals surface area contributed by atoms with E-state index in [9.17, 15) is 4.79 Å². The van der Waals surface area contributed by atoms with E-state index in [2.05, 4.69) is 6.92 Å². The van der Waals surface area contributed by atoms with Crippen molar-refractivity contribution >= 4 is 22.9 Å². The number of thiophene rings is 1. The lowest BCUT2D eigenvalue weighted by molar-refractivity contribution is 0.0695. The summed E-state index contributed by atoms with van der Waals surface area (Å²) < 4.78 is 0. The van der Waals surface area contributed by atoms with Crippen molar-refractivity contribution < 1.29 is 4.79 Å². The molecule has 0 atom stereocenters. The molecule has 0 saturated carbocycles. The Kier molecular flexibility index (Phi) is 4.68. The quantitative estimate of drug-likeness (QED) is 0.868. The van der Waals surface area contributed by atoms with Gasteiger partial charge in [0.15, 0.2) is 0 Å². The highest BCUT2D eigenvalue weighted by Gasteiger charge is 2.21. The molecule has 3 nitrogen and oxygen atoms in total. The van der Waals surface area contributed by atoms with Crippen LogP contribution in [0.2, 0.25) is 0 Å². The Morgan fingerprint density at radius 3 is 2.33 bits per heavy atom. The molecule has 1 aromatic carbocycles. The SMILES string of the molecule is Cc1cc(C(=O)N(Cc2ccc(N)cc2)C(C)C)sc1C. The second-order valence-electron chi connectivity index (χ2n) is 5.62. The number of rotatable bonds is 4. The van der Waals surface area contributed by atoms with E-state index in [1.807, 2.05) is 56.0 Å². The first-order valence-corrected chi connectivity index (χ1v) is 7.92. The number of amides is 1. The lowest BCUT2D eigenvalue weighted by atomic mass is 10.1. The van der Waals surface area contributed by atoms with Crippen LogP contribution in [0.5, 0.6) is 0 Å². The molecule has 2 N–H and O–H groups in total. The lowest BCUT2D eigenvalue weighted by Gasteiger charge is -2.26. The first-order valence-electron chi connectivity index (χ1n) is 7.11. The van der Waals surface area contributed by atoms with Gasteiger partial charge in [0.2, 0.25) is 0 Å². The van der Waals surface area contributed by atoms with Gasteiger partial charge in [-0.1, -0.05) is 12.1 Å². The molecule has 112 valence electrons. The Morgan fingerprint density at radius 2 is 1.86 bits per heavy atom. The van der Waals surface area contributed by atoms with Crippen LogP contribution in [0.15, 0.2) is 30.3 Å². The second kappa shape index (κ2) is 6.31. The van der Waals surface area contributed by atoms with Crippen LogP contribution in [0.25, 0.3) is 0 Å². The van der Waals surface area contributed by atoms with Gasteiger partial charge in [-0.25, -0.2) is 0 Å². The molecule has 0 bridgehead atoms. The molecule has 0 aliphatic rings. The minimum atomic E-state index is 0.100. The van der Waals surface area contributed by atoms with Gasteiger partial charge < -0.3 is 10.6 Å². The van der Waals surface area contributed by atoms with Crippen LogP contribution in [-0.2, 0) is 6.54 Å². The molecule has 1 aromatic heterocycles. The Morgan fingerprint density at radius 1 is 1.24 bits per heavy atom. The van der Waals surface area contributed by atoms with E-state index < -0.39 is 0 Å². The van der Waals surface area contributed by atoms with Gasteiger partial charge in [0.1, 0.15) is 0 Å². The van der Waals surface area contributed by atoms with Crippen molar-refractivity contribution in [3.05, 3.63) is 51.2 Å². The van der Waals surface area contributed by atoms with Crippen molar-refractivity contribution in [2.45, 2.75) is 40.3 Å². The maximum atomic E-state index is 12.7. The third-order valence-corrected chi connectivity index (χ3v) is 4.73. The zero-order valence-corrected chi connectivity index (χ0v) is 13.8. The molecule has 21 heavy (non-hydrogen) atoms. The number of nitrogens with zero attached hydrogens (tertiary/aromatic N) is 1. The molecular formula is C17H22N2OS. The number of hydrogen-bond donors (Lipinski definition) is 1. The van der Waals surface area contributed by atoms with Crippen LogP contribution in [0, 0.1) is 13.8 Å². The third-order valence-electron chi connectivity index (χ3n) is 3.59. The topological polar surface area (TPSA) is 46.3 Å². The highest BCUT2D eigenvalue weighted by molar-refractivity contribution is 7.14. The Bertz CT molecular complexity index is 609. The lowest BCUT2D eigenvalue weighted by Crippen LogP contribution is -2.35. The van der Waals surface area contributed by atoms with E-state index in [4.69, 9.17) is 5.73 Å². The summed E-state index contributed by atoms with van der Waals surface area (Å²) in [5, 5.41) is 0. The van der Waals surface area contributed by atoms with Crippen molar-refractivity contribution in [1.82, 2.24) is 4.90 Å². The highest BCUT2D eigenvalue weighted by Crippen LogP contribution is 2.24. The molecule has 4 heteroatoms. The number of nitrogens with two attached hydrogens (primary N) is 1. The molecule has 0 aliphatic heterocycles. The largest absolute Gasteiger partial charge is 0.399 e. The normalized spacial score (nSPS) is 10.9. The number of hydrogen-bond acceptors (Lipinski definition) is 3. The zero-order valence-electron chi connectivity index (χ0n) is 13.0. The molecule has 2 aromatic rings. The smallest absolute Gasteiger partial charge is 0.264 e. The summed E-state index contributed by atoms with van der Waals surface area (Å²) in [6, 6.07) is 9.83. The molecule has 0 radical (unpaired) electrons. The van der Waals surface area contributed by atoms with Crippen molar-refractivity contribution in [1.29, 1.82) is 0 Å². The fourth-order valence-corrected chi connectivity index (χ4v) is 3.12. The predicted octanol–water partition coefficient (Wildman–Crippen LogP) is 4.00. The molecule has 0 aliphatic carbocycles. The number of benzene rings is 1. The van der Waals surface area contributed by atoms with Crippen LogP contribution in [0.1, 0.15) is 39.5 Å². The van der Waals surface area contributed by atoms with E-state index in [1.54, 1.807) is 11.3 Å². The summed E-state index contributed by atoms with van der Waals surface area (Å²) in [5.41, 5.74) is 8.72. The fraction of sp³-hybridized carbons (Fsp3) is 0.353. The number of anilines is 1. The monoisotopic (exact) mass is 302 g/mol. The molecular weight excluding hydrogens is 280 g/mol. The van der Waals surface area contributed by atoms with E-state index in [-0.39, 0.29) is 11.9 Å². The van der Waals surface area contributed by atoms with Crippen LogP contribution >= 0.6 is 11.3 Å². The van der Waals surface area contributed by atoms with Gasteiger partial charge in [0, 0.05) is 23.2 Å². The summed E-state index contributed by atoms with van der Waals surface area (Å²) in [5.74, 6) is 0.100. The standard InChI is InChI=1S/C17H22N2OS/c1-11(2)19(10-14-5-7-15(18)8-6-14)17(20)16-9-12(3)13(4)21-16/h5-9,11H,10,18H2,1-4H3. The van der Waals surface area contributed by atoms with E-state index in [0.717, 1.165) is 16.1 Å². The molecule has 0 unspecified atom stereocenters. The summed E-state index contributed by atoms with van der Waals surface area (Å²) in [6.45, 7) is 8.79. The molecule has 0 saturated heterocycles. The zero-order chi connectivity index (χ0) is 15.6. The molecule has 1 heterocycles. The minimum Gasteiger partial charge on any atom is -0.399 e. The van der Waals surface area contributed by atoms with Gasteiger partial charge >= 0.3 is 0 Å². The first kappa shape index (κ1) is 15.6. The Balaban J connectivity index is 2.22. The summed E-state index contributed by atoms with van der Waals surface area (Å²) in [6.07, 6.45) is 0. The number of aryl methyl sites for hydroxylation is 2. The molecule has 0 spiro atoms. The Labute approximate surface area is 130 Å². The number of carbonyl (C=O) groups is 1. The second-order valence-corrected chi connectivity index (χ2v) is 6.87. The average Bonchev–Trinajstić information content (AvgIpc) is 2.77. The number of carbonyl (C=O) groups excluding carboxylic acids is 1. The van der Waals surface area contributed by atoms with Crippen molar-refractivity contribution in [2.24, 2.45) is 0 Å². The molecule has 1 amide bonds. The van der Waals surface area contributed by atoms with Gasteiger partial charge in [-0.15, -0.1) is 11.3 Å². The van der Waals surface area contributed by atoms with Crippen LogP contribution in [0.4, 0.5) is 5.69 Å². The van der Waals surface area contributed by atoms with Gasteiger partial charge in [0.05, 0.1) is 4.88 Å². The maximum Gasteiger partial charge on any atom is 0.264 e. The van der Waals surface area contributed by atoms with E-state index in [1.165, 1.54) is 10.4 Å². The minimum absolute atomic E-state index is 0.100.